The van der Waals surface area contributed by atoms with Crippen LogP contribution in [0.2, 0.25) is 10.0 Å². The Morgan fingerprint density at radius 1 is 1.30 bits per heavy atom. The number of nitrogens with zero attached hydrogens (tertiary/aromatic N) is 2. The summed E-state index contributed by atoms with van der Waals surface area (Å²) in [4.78, 5) is 5.26. The molecule has 0 bridgehead atoms. The summed E-state index contributed by atoms with van der Waals surface area (Å²) in [7, 11) is 0. The molecule has 20 heavy (non-hydrogen) atoms. The summed E-state index contributed by atoms with van der Waals surface area (Å²) in [6, 6.07) is 5.95. The van der Waals surface area contributed by atoms with Crippen LogP contribution in [0.5, 0.6) is 0 Å². The molecule has 0 amide bonds. The number of benzene rings is 1. The van der Waals surface area contributed by atoms with E-state index >= 15 is 0 Å². The Kier molecular flexibility index (Phi) is 5.64. The zero-order valence-electron chi connectivity index (χ0n) is 11.5. The molecule has 6 heteroatoms. The molecule has 1 atom stereocenters. The molecule has 1 saturated heterocycles. The molecule has 0 saturated carbocycles. The molecule has 1 heterocycles. The van der Waals surface area contributed by atoms with Gasteiger partial charge in [-0.3, -0.25) is 9.80 Å². The van der Waals surface area contributed by atoms with Crippen molar-refractivity contribution in [1.82, 2.24) is 9.80 Å². The molecule has 1 aliphatic heterocycles. The van der Waals surface area contributed by atoms with Crippen molar-refractivity contribution in [3.05, 3.63) is 33.8 Å². The van der Waals surface area contributed by atoms with Gasteiger partial charge in [-0.1, -0.05) is 47.6 Å². The van der Waals surface area contributed by atoms with E-state index in [-0.39, 0.29) is 6.04 Å². The second-order valence-electron chi connectivity index (χ2n) is 5.10. The number of hydrogen-bond acceptors (Lipinski definition) is 3. The molecular formula is C14H19Cl2N3S. The molecule has 1 fully saturated rings. The number of piperazine rings is 1. The Morgan fingerprint density at radius 3 is 2.55 bits per heavy atom. The highest BCUT2D eigenvalue weighted by atomic mass is 35.5. The topological polar surface area (TPSA) is 32.5 Å². The van der Waals surface area contributed by atoms with E-state index in [2.05, 4.69) is 16.7 Å². The highest BCUT2D eigenvalue weighted by molar-refractivity contribution is 7.80. The smallest absolute Gasteiger partial charge is 0.0899 e. The second-order valence-corrected chi connectivity index (χ2v) is 6.36. The lowest BCUT2D eigenvalue weighted by molar-refractivity contribution is 0.118. The van der Waals surface area contributed by atoms with Gasteiger partial charge in [0.25, 0.3) is 0 Å². The predicted octanol–water partition coefficient (Wildman–Crippen LogP) is 2.79. The lowest BCUT2D eigenvalue weighted by Gasteiger charge is -2.37. The van der Waals surface area contributed by atoms with Gasteiger partial charge in [-0.25, -0.2) is 0 Å². The molecule has 0 spiro atoms. The molecule has 1 aromatic carbocycles. The maximum atomic E-state index is 6.23. The fourth-order valence-electron chi connectivity index (χ4n) is 2.40. The molecule has 3 nitrogen and oxygen atoms in total. The van der Waals surface area contributed by atoms with E-state index in [4.69, 9.17) is 41.2 Å². The van der Waals surface area contributed by atoms with Crippen LogP contribution < -0.4 is 5.73 Å². The minimum atomic E-state index is 0.168. The van der Waals surface area contributed by atoms with Gasteiger partial charge in [-0.2, -0.15) is 0 Å². The molecule has 0 aliphatic carbocycles. The molecular weight excluding hydrogens is 313 g/mol. The Balaban J connectivity index is 1.92. The molecule has 0 aromatic heterocycles. The van der Waals surface area contributed by atoms with Gasteiger partial charge in [0, 0.05) is 32.7 Å². The van der Waals surface area contributed by atoms with Gasteiger partial charge in [0.1, 0.15) is 0 Å². The average Bonchev–Trinajstić information content (AvgIpc) is 2.44. The van der Waals surface area contributed by atoms with Crippen LogP contribution in [0.15, 0.2) is 18.2 Å². The summed E-state index contributed by atoms with van der Waals surface area (Å²) in [6.45, 7) is 6.79. The summed E-state index contributed by atoms with van der Waals surface area (Å²) < 4.78 is 0. The Hall–Kier alpha value is -0.390. The molecule has 0 radical (unpaired) electrons. The first kappa shape index (κ1) is 16.0. The number of halogens is 2. The summed E-state index contributed by atoms with van der Waals surface area (Å²) in [5, 5.41) is 1.28. The minimum Gasteiger partial charge on any atom is -0.392 e. The maximum Gasteiger partial charge on any atom is 0.0899 e. The van der Waals surface area contributed by atoms with Gasteiger partial charge in [0.15, 0.2) is 0 Å². The fourth-order valence-corrected chi connectivity index (χ4v) is 2.93. The highest BCUT2D eigenvalue weighted by Gasteiger charge is 2.22. The lowest BCUT2D eigenvalue weighted by Crippen LogP contribution is -2.52. The quantitative estimate of drug-likeness (QED) is 0.860. The molecule has 1 unspecified atom stereocenters. The van der Waals surface area contributed by atoms with Crippen LogP contribution in [0, 0.1) is 0 Å². The first-order chi connectivity index (χ1) is 9.49. The van der Waals surface area contributed by atoms with Crippen molar-refractivity contribution in [2.75, 3.05) is 26.2 Å². The first-order valence-corrected chi connectivity index (χ1v) is 7.84. The van der Waals surface area contributed by atoms with Gasteiger partial charge in [-0.15, -0.1) is 0 Å². The predicted molar refractivity (Wildman–Crippen MR) is 89.6 cm³/mol. The first-order valence-electron chi connectivity index (χ1n) is 6.67. The number of hydrogen-bond donors (Lipinski definition) is 1. The third kappa shape index (κ3) is 3.83. The van der Waals surface area contributed by atoms with E-state index in [1.807, 2.05) is 18.2 Å². The van der Waals surface area contributed by atoms with Crippen LogP contribution in [0.4, 0.5) is 0 Å². The minimum absolute atomic E-state index is 0.168. The van der Waals surface area contributed by atoms with E-state index in [1.165, 1.54) is 0 Å². The van der Waals surface area contributed by atoms with Crippen LogP contribution in [-0.2, 0) is 6.54 Å². The highest BCUT2D eigenvalue weighted by Crippen LogP contribution is 2.26. The monoisotopic (exact) mass is 331 g/mol. The second kappa shape index (κ2) is 7.05. The molecule has 1 aliphatic rings. The standard InChI is InChI=1S/C14H19Cl2N3S/c1-10(14(17)20)19-7-5-18(6-8-19)9-11-3-2-4-12(15)13(11)16/h2-4,10H,5-9H2,1H3,(H2,17,20). The van der Waals surface area contributed by atoms with Crippen LogP contribution in [-0.4, -0.2) is 47.0 Å². The van der Waals surface area contributed by atoms with E-state index in [0.717, 1.165) is 38.3 Å². The van der Waals surface area contributed by atoms with Crippen LogP contribution >= 0.6 is 35.4 Å². The Morgan fingerprint density at radius 2 is 1.95 bits per heavy atom. The Bertz CT molecular complexity index is 487. The van der Waals surface area contributed by atoms with Crippen molar-refractivity contribution in [3.63, 3.8) is 0 Å². The normalized spacial score (nSPS) is 18.9. The van der Waals surface area contributed by atoms with E-state index in [1.54, 1.807) is 0 Å². The third-order valence-electron chi connectivity index (χ3n) is 3.79. The average molecular weight is 332 g/mol. The van der Waals surface area contributed by atoms with Crippen molar-refractivity contribution in [2.24, 2.45) is 5.73 Å². The van der Waals surface area contributed by atoms with E-state index in [9.17, 15) is 0 Å². The van der Waals surface area contributed by atoms with Gasteiger partial charge in [-0.05, 0) is 18.6 Å². The van der Waals surface area contributed by atoms with Gasteiger partial charge >= 0.3 is 0 Å². The van der Waals surface area contributed by atoms with Crippen LogP contribution in [0.3, 0.4) is 0 Å². The summed E-state index contributed by atoms with van der Waals surface area (Å²) in [5.41, 5.74) is 6.78. The zero-order chi connectivity index (χ0) is 14.7. The van der Waals surface area contributed by atoms with Crippen molar-refractivity contribution in [3.8, 4) is 0 Å². The van der Waals surface area contributed by atoms with Crippen LogP contribution in [0.1, 0.15) is 12.5 Å². The zero-order valence-corrected chi connectivity index (χ0v) is 13.8. The summed E-state index contributed by atoms with van der Waals surface area (Å²) >= 11 is 17.3. The van der Waals surface area contributed by atoms with Gasteiger partial charge < -0.3 is 5.73 Å². The van der Waals surface area contributed by atoms with Crippen molar-refractivity contribution in [1.29, 1.82) is 0 Å². The molecule has 110 valence electrons. The SMILES string of the molecule is CC(C(N)=S)N1CCN(Cc2cccc(Cl)c2Cl)CC1. The summed E-state index contributed by atoms with van der Waals surface area (Å²) in [5.74, 6) is 0. The number of rotatable bonds is 4. The van der Waals surface area contributed by atoms with Gasteiger partial charge in [0.05, 0.1) is 21.1 Å². The lowest BCUT2D eigenvalue weighted by atomic mass is 10.1. The van der Waals surface area contributed by atoms with Crippen molar-refractivity contribution in [2.45, 2.75) is 19.5 Å². The van der Waals surface area contributed by atoms with Crippen molar-refractivity contribution < 1.29 is 0 Å². The molecule has 2 rings (SSSR count). The molecule has 1 aromatic rings. The van der Waals surface area contributed by atoms with E-state index in [0.29, 0.717) is 15.0 Å². The largest absolute Gasteiger partial charge is 0.392 e. The van der Waals surface area contributed by atoms with E-state index < -0.39 is 0 Å². The summed E-state index contributed by atoms with van der Waals surface area (Å²) in [6.07, 6.45) is 0. The number of nitrogens with two attached hydrogens (primary N) is 1. The maximum absolute atomic E-state index is 6.23. The van der Waals surface area contributed by atoms with Gasteiger partial charge in [0.2, 0.25) is 0 Å². The molecule has 2 N–H and O–H groups in total. The fraction of sp³-hybridized carbons (Fsp3) is 0.500. The third-order valence-corrected chi connectivity index (χ3v) is 4.99. The van der Waals surface area contributed by atoms with Crippen LogP contribution in [0.25, 0.3) is 0 Å². The van der Waals surface area contributed by atoms with Crippen molar-refractivity contribution >= 4 is 40.4 Å². The Labute approximate surface area is 135 Å². The number of thiocarbonyl (C=S) groups is 1.